The maximum Gasteiger partial charge on any atom is 0.292 e. The zero-order valence-electron chi connectivity index (χ0n) is 20.7. The second kappa shape index (κ2) is 14.3. The predicted octanol–water partition coefficient (Wildman–Crippen LogP) is 3.88. The van der Waals surface area contributed by atoms with Gasteiger partial charge in [0.15, 0.2) is 11.5 Å². The SMILES string of the molecule is CCOc1ccccc1OC1CCCN(c2ncc(N(C=O)Cc3ccccc3)cn2)C1.COC=O. The van der Waals surface area contributed by atoms with Gasteiger partial charge in [-0.05, 0) is 37.5 Å². The lowest BCUT2D eigenvalue weighted by Crippen LogP contribution is -2.42. The number of carbonyl (C=O) groups is 2. The molecule has 1 atom stereocenters. The largest absolute Gasteiger partial charge is 0.490 e. The van der Waals surface area contributed by atoms with E-state index in [1.165, 1.54) is 7.11 Å². The van der Waals surface area contributed by atoms with Crippen molar-refractivity contribution >= 4 is 24.5 Å². The highest BCUT2D eigenvalue weighted by atomic mass is 16.5. The van der Waals surface area contributed by atoms with Crippen molar-refractivity contribution in [2.75, 3.05) is 36.6 Å². The average Bonchev–Trinajstić information content (AvgIpc) is 2.94. The number of rotatable bonds is 10. The van der Waals surface area contributed by atoms with Crippen molar-refractivity contribution in [1.82, 2.24) is 9.97 Å². The summed E-state index contributed by atoms with van der Waals surface area (Å²) < 4.78 is 15.8. The number of amides is 1. The third-order valence-corrected chi connectivity index (χ3v) is 5.48. The lowest BCUT2D eigenvalue weighted by Gasteiger charge is -2.33. The van der Waals surface area contributed by atoms with Gasteiger partial charge in [-0.1, -0.05) is 42.5 Å². The maximum absolute atomic E-state index is 11.6. The molecule has 0 radical (unpaired) electrons. The van der Waals surface area contributed by atoms with Crippen LogP contribution < -0.4 is 19.3 Å². The number of hydrogen-bond donors (Lipinski definition) is 0. The van der Waals surface area contributed by atoms with E-state index < -0.39 is 0 Å². The van der Waals surface area contributed by atoms with Crippen LogP contribution in [0.25, 0.3) is 0 Å². The molecule has 1 saturated heterocycles. The summed E-state index contributed by atoms with van der Waals surface area (Å²) >= 11 is 0. The summed E-state index contributed by atoms with van der Waals surface area (Å²) in [5.41, 5.74) is 1.72. The van der Waals surface area contributed by atoms with Gasteiger partial charge < -0.3 is 24.0 Å². The topological polar surface area (TPSA) is 94.1 Å². The van der Waals surface area contributed by atoms with Crippen molar-refractivity contribution in [2.24, 2.45) is 0 Å². The first-order valence-corrected chi connectivity index (χ1v) is 11.9. The molecule has 1 aromatic heterocycles. The van der Waals surface area contributed by atoms with Gasteiger partial charge in [-0.2, -0.15) is 0 Å². The van der Waals surface area contributed by atoms with E-state index in [0.29, 0.717) is 37.8 Å². The Labute approximate surface area is 211 Å². The number of benzene rings is 2. The number of anilines is 2. The molecule has 1 aliphatic heterocycles. The van der Waals surface area contributed by atoms with E-state index in [9.17, 15) is 4.79 Å². The fraction of sp³-hybridized carbons (Fsp3) is 0.333. The van der Waals surface area contributed by atoms with Crippen LogP contribution in [0, 0.1) is 0 Å². The van der Waals surface area contributed by atoms with E-state index in [2.05, 4.69) is 19.6 Å². The number of aromatic nitrogens is 2. The molecule has 0 saturated carbocycles. The number of nitrogens with zero attached hydrogens (tertiary/aromatic N) is 4. The summed E-state index contributed by atoms with van der Waals surface area (Å²) in [7, 11) is 1.31. The summed E-state index contributed by atoms with van der Waals surface area (Å²) in [6.07, 6.45) is 6.19. The smallest absolute Gasteiger partial charge is 0.292 e. The Bertz CT molecular complexity index is 1070. The minimum absolute atomic E-state index is 0.0261. The molecule has 9 heteroatoms. The van der Waals surface area contributed by atoms with Crippen LogP contribution in [0.3, 0.4) is 0 Å². The van der Waals surface area contributed by atoms with Crippen molar-refractivity contribution in [3.8, 4) is 11.5 Å². The van der Waals surface area contributed by atoms with Gasteiger partial charge in [-0.25, -0.2) is 9.97 Å². The van der Waals surface area contributed by atoms with Crippen LogP contribution >= 0.6 is 0 Å². The molecule has 3 aromatic rings. The lowest BCUT2D eigenvalue weighted by atomic mass is 10.1. The van der Waals surface area contributed by atoms with Crippen LogP contribution in [0.4, 0.5) is 11.6 Å². The van der Waals surface area contributed by atoms with E-state index >= 15 is 0 Å². The van der Waals surface area contributed by atoms with Crippen LogP contribution in [0.15, 0.2) is 67.0 Å². The molecular formula is C27H32N4O5. The van der Waals surface area contributed by atoms with Crippen LogP contribution in [-0.2, 0) is 20.9 Å². The molecule has 1 unspecified atom stereocenters. The summed E-state index contributed by atoms with van der Waals surface area (Å²) in [5.74, 6) is 2.17. The van der Waals surface area contributed by atoms with Crippen molar-refractivity contribution in [3.05, 3.63) is 72.6 Å². The van der Waals surface area contributed by atoms with E-state index in [-0.39, 0.29) is 6.10 Å². The van der Waals surface area contributed by atoms with E-state index in [4.69, 9.17) is 14.3 Å². The highest BCUT2D eigenvalue weighted by Crippen LogP contribution is 2.29. The van der Waals surface area contributed by atoms with Crippen molar-refractivity contribution in [1.29, 1.82) is 0 Å². The first kappa shape index (κ1) is 26.5. The summed E-state index contributed by atoms with van der Waals surface area (Å²) in [6, 6.07) is 17.6. The number of methoxy groups -OCH3 is 1. The standard InChI is InChI=1S/C25H28N4O3.C2H4O2/c1-2-31-23-12-6-7-13-24(23)32-22-11-8-14-28(18-22)25-26-15-21(16-27-25)29(19-30)17-20-9-4-3-5-10-20;1-4-2-3/h3-7,9-10,12-13,15-16,19,22H,2,8,11,14,17-18H2,1H3;2H,1H3. The fourth-order valence-corrected chi connectivity index (χ4v) is 3.81. The second-order valence-corrected chi connectivity index (χ2v) is 8.00. The van der Waals surface area contributed by atoms with E-state index in [1.807, 2.05) is 61.5 Å². The second-order valence-electron chi connectivity index (χ2n) is 8.00. The Kier molecular flexibility index (Phi) is 10.5. The van der Waals surface area contributed by atoms with Gasteiger partial charge in [0.05, 0.1) is 44.9 Å². The molecule has 4 rings (SSSR count). The average molecular weight is 493 g/mol. The van der Waals surface area contributed by atoms with Crippen molar-refractivity contribution in [2.45, 2.75) is 32.4 Å². The molecule has 0 N–H and O–H groups in total. The first-order chi connectivity index (χ1) is 17.7. The highest BCUT2D eigenvalue weighted by Gasteiger charge is 2.24. The number of para-hydroxylation sites is 2. The number of hydrogen-bond acceptors (Lipinski definition) is 8. The van der Waals surface area contributed by atoms with Crippen LogP contribution in [0.5, 0.6) is 11.5 Å². The monoisotopic (exact) mass is 492 g/mol. The Morgan fingerprint density at radius 2 is 1.69 bits per heavy atom. The fourth-order valence-electron chi connectivity index (χ4n) is 3.81. The first-order valence-electron chi connectivity index (χ1n) is 11.9. The van der Waals surface area contributed by atoms with Gasteiger partial charge >= 0.3 is 0 Å². The molecule has 190 valence electrons. The maximum atomic E-state index is 11.6. The highest BCUT2D eigenvalue weighted by molar-refractivity contribution is 5.74. The Morgan fingerprint density at radius 1 is 1.03 bits per heavy atom. The molecular weight excluding hydrogens is 460 g/mol. The quantitative estimate of drug-likeness (QED) is 0.394. The summed E-state index contributed by atoms with van der Waals surface area (Å²) in [4.78, 5) is 33.4. The molecule has 0 spiro atoms. The van der Waals surface area contributed by atoms with Crippen molar-refractivity contribution in [3.63, 3.8) is 0 Å². The number of piperidine rings is 1. The van der Waals surface area contributed by atoms with Gasteiger partial charge in [0.25, 0.3) is 6.47 Å². The van der Waals surface area contributed by atoms with Gasteiger partial charge in [-0.15, -0.1) is 0 Å². The summed E-state index contributed by atoms with van der Waals surface area (Å²) in [6.45, 7) is 4.98. The Balaban J connectivity index is 0.000000840. The third-order valence-electron chi connectivity index (χ3n) is 5.48. The van der Waals surface area contributed by atoms with Gasteiger partial charge in [0, 0.05) is 6.54 Å². The minimum Gasteiger partial charge on any atom is -0.490 e. The molecule has 0 bridgehead atoms. The molecule has 2 heterocycles. The summed E-state index contributed by atoms with van der Waals surface area (Å²) in [5, 5.41) is 0. The predicted molar refractivity (Wildman–Crippen MR) is 137 cm³/mol. The molecule has 1 fully saturated rings. The van der Waals surface area contributed by atoms with Gasteiger partial charge in [-0.3, -0.25) is 9.59 Å². The van der Waals surface area contributed by atoms with E-state index in [1.54, 1.807) is 17.3 Å². The van der Waals surface area contributed by atoms with Crippen LogP contribution in [0.1, 0.15) is 25.3 Å². The molecule has 1 aliphatic rings. The van der Waals surface area contributed by atoms with Crippen molar-refractivity contribution < 1.29 is 23.8 Å². The van der Waals surface area contributed by atoms with Gasteiger partial charge in [0.2, 0.25) is 12.4 Å². The van der Waals surface area contributed by atoms with Crippen LogP contribution in [-0.4, -0.2) is 55.8 Å². The molecule has 2 aromatic carbocycles. The molecule has 1 amide bonds. The normalized spacial score (nSPS) is 14.6. The zero-order valence-corrected chi connectivity index (χ0v) is 20.7. The van der Waals surface area contributed by atoms with Crippen LogP contribution in [0.2, 0.25) is 0 Å². The Hall–Kier alpha value is -4.14. The molecule has 0 aliphatic carbocycles. The Morgan fingerprint density at radius 3 is 2.33 bits per heavy atom. The molecule has 36 heavy (non-hydrogen) atoms. The zero-order chi connectivity index (χ0) is 25.6. The third kappa shape index (κ3) is 7.69. The number of ether oxygens (including phenoxy) is 3. The molecule has 9 nitrogen and oxygen atoms in total. The lowest BCUT2D eigenvalue weighted by molar-refractivity contribution is -0.126. The van der Waals surface area contributed by atoms with E-state index in [0.717, 1.165) is 42.9 Å². The number of carbonyl (C=O) groups excluding carboxylic acids is 2. The van der Waals surface area contributed by atoms with Gasteiger partial charge in [0.1, 0.15) is 6.10 Å². The minimum atomic E-state index is 0.0261.